The van der Waals surface area contributed by atoms with E-state index in [0.29, 0.717) is 5.02 Å². The van der Waals surface area contributed by atoms with Crippen molar-refractivity contribution in [2.45, 2.75) is 13.8 Å². The van der Waals surface area contributed by atoms with E-state index in [1.807, 2.05) is 32.0 Å². The maximum atomic E-state index is 11.7. The summed E-state index contributed by atoms with van der Waals surface area (Å²) in [6, 6.07) is 7.42. The molecule has 0 spiro atoms. The molecule has 1 aromatic rings. The van der Waals surface area contributed by atoms with Crippen LogP contribution in [0, 0.1) is 5.41 Å². The van der Waals surface area contributed by atoms with E-state index in [0.717, 1.165) is 12.2 Å². The molecule has 0 N–H and O–H groups in total. The van der Waals surface area contributed by atoms with Crippen molar-refractivity contribution in [3.05, 3.63) is 29.3 Å². The second-order valence-corrected chi connectivity index (χ2v) is 4.63. The van der Waals surface area contributed by atoms with E-state index in [-0.39, 0.29) is 11.3 Å². The highest BCUT2D eigenvalue weighted by atomic mass is 35.5. The van der Waals surface area contributed by atoms with Crippen LogP contribution in [0.4, 0.5) is 5.69 Å². The van der Waals surface area contributed by atoms with Crippen LogP contribution in [0.2, 0.25) is 5.02 Å². The van der Waals surface area contributed by atoms with Gasteiger partial charge in [-0.25, -0.2) is 0 Å². The molecule has 2 nitrogen and oxygen atoms in total. The summed E-state index contributed by atoms with van der Waals surface area (Å²) in [7, 11) is 0. The van der Waals surface area contributed by atoms with Gasteiger partial charge in [-0.2, -0.15) is 0 Å². The summed E-state index contributed by atoms with van der Waals surface area (Å²) in [6.07, 6.45) is 0. The molecule has 74 valence electrons. The number of carbonyl (C=O) groups excluding carboxylic acids is 1. The van der Waals surface area contributed by atoms with E-state index in [2.05, 4.69) is 0 Å². The third-order valence-corrected chi connectivity index (χ3v) is 2.84. The summed E-state index contributed by atoms with van der Waals surface area (Å²) in [4.78, 5) is 13.4. The highest BCUT2D eigenvalue weighted by Gasteiger charge is 2.45. The Hall–Kier alpha value is -1.02. The summed E-state index contributed by atoms with van der Waals surface area (Å²) in [6.45, 7) is 4.64. The number of rotatable bonds is 1. The summed E-state index contributed by atoms with van der Waals surface area (Å²) in [5.74, 6) is 0.144. The predicted octanol–water partition coefficient (Wildman–Crippen LogP) is 2.71. The zero-order valence-electron chi connectivity index (χ0n) is 8.25. The minimum atomic E-state index is -0.223. The molecule has 14 heavy (non-hydrogen) atoms. The molecule has 2 rings (SSSR count). The lowest BCUT2D eigenvalue weighted by Gasteiger charge is -2.44. The first-order valence-corrected chi connectivity index (χ1v) is 4.97. The van der Waals surface area contributed by atoms with Gasteiger partial charge < -0.3 is 4.90 Å². The number of anilines is 1. The van der Waals surface area contributed by atoms with Crippen LogP contribution in [-0.4, -0.2) is 12.5 Å². The van der Waals surface area contributed by atoms with Gasteiger partial charge in [0.25, 0.3) is 0 Å². The number of hydrogen-bond acceptors (Lipinski definition) is 1. The van der Waals surface area contributed by atoms with Crippen LogP contribution >= 0.6 is 11.6 Å². The van der Waals surface area contributed by atoms with E-state index in [9.17, 15) is 4.79 Å². The van der Waals surface area contributed by atoms with Crippen molar-refractivity contribution < 1.29 is 4.79 Å². The molecule has 1 saturated heterocycles. The zero-order chi connectivity index (χ0) is 10.3. The molecule has 1 aromatic carbocycles. The minimum absolute atomic E-state index is 0.144. The molecule has 0 bridgehead atoms. The highest BCUT2D eigenvalue weighted by Crippen LogP contribution is 2.38. The molecule has 0 aromatic heterocycles. The molecule has 1 aliphatic heterocycles. The Kier molecular flexibility index (Phi) is 2.04. The van der Waals surface area contributed by atoms with Gasteiger partial charge in [-0.1, -0.05) is 23.7 Å². The fourth-order valence-corrected chi connectivity index (χ4v) is 1.91. The molecule has 0 aliphatic carbocycles. The Balaban J connectivity index is 2.28. The first-order valence-electron chi connectivity index (χ1n) is 4.59. The zero-order valence-corrected chi connectivity index (χ0v) is 9.01. The van der Waals surface area contributed by atoms with Crippen LogP contribution in [0.5, 0.6) is 0 Å². The lowest BCUT2D eigenvalue weighted by Crippen LogP contribution is -2.58. The number of carbonyl (C=O) groups is 1. The molecule has 0 unspecified atom stereocenters. The molecular formula is C11H12ClNO. The van der Waals surface area contributed by atoms with E-state index >= 15 is 0 Å². The van der Waals surface area contributed by atoms with E-state index in [4.69, 9.17) is 11.6 Å². The number of benzene rings is 1. The molecule has 0 radical (unpaired) electrons. The Bertz CT molecular complexity index is 387. The number of hydrogen-bond donors (Lipinski definition) is 0. The average molecular weight is 210 g/mol. The SMILES string of the molecule is CC1(C)CN(c2ccccc2Cl)C1=O. The normalized spacial score (nSPS) is 19.4. The fraction of sp³-hybridized carbons (Fsp3) is 0.364. The van der Waals surface area contributed by atoms with E-state index in [1.54, 1.807) is 11.0 Å². The third kappa shape index (κ3) is 1.30. The summed E-state index contributed by atoms with van der Waals surface area (Å²) >= 11 is 6.00. The van der Waals surface area contributed by atoms with Gasteiger partial charge in [0, 0.05) is 6.54 Å². The maximum Gasteiger partial charge on any atom is 0.234 e. The summed E-state index contributed by atoms with van der Waals surface area (Å²) in [5, 5.41) is 0.636. The minimum Gasteiger partial charge on any atom is -0.309 e. The Morgan fingerprint density at radius 2 is 2.00 bits per heavy atom. The Morgan fingerprint density at radius 3 is 2.50 bits per heavy atom. The largest absolute Gasteiger partial charge is 0.309 e. The predicted molar refractivity (Wildman–Crippen MR) is 57.6 cm³/mol. The second kappa shape index (κ2) is 2.99. The molecule has 3 heteroatoms. The quantitative estimate of drug-likeness (QED) is 0.652. The fourth-order valence-electron chi connectivity index (χ4n) is 1.67. The first-order chi connectivity index (χ1) is 6.52. The molecule has 1 fully saturated rings. The van der Waals surface area contributed by atoms with Crippen molar-refractivity contribution in [3.8, 4) is 0 Å². The van der Waals surface area contributed by atoms with Crippen LogP contribution in [0.1, 0.15) is 13.8 Å². The topological polar surface area (TPSA) is 20.3 Å². The smallest absolute Gasteiger partial charge is 0.234 e. The van der Waals surface area contributed by atoms with Crippen molar-refractivity contribution in [1.29, 1.82) is 0 Å². The van der Waals surface area contributed by atoms with Crippen molar-refractivity contribution in [3.63, 3.8) is 0 Å². The van der Waals surface area contributed by atoms with Gasteiger partial charge in [-0.05, 0) is 26.0 Å². The molecule has 1 aliphatic rings. The van der Waals surface area contributed by atoms with Gasteiger partial charge in [0.1, 0.15) is 0 Å². The maximum absolute atomic E-state index is 11.7. The van der Waals surface area contributed by atoms with E-state index in [1.165, 1.54) is 0 Å². The number of β-lactam (4-membered cyclic amide) rings is 1. The molecule has 1 amide bonds. The molecular weight excluding hydrogens is 198 g/mol. The first kappa shape index (κ1) is 9.53. The van der Waals surface area contributed by atoms with E-state index < -0.39 is 0 Å². The van der Waals surface area contributed by atoms with Crippen LogP contribution < -0.4 is 4.90 Å². The molecule has 1 heterocycles. The second-order valence-electron chi connectivity index (χ2n) is 4.23. The molecule has 0 saturated carbocycles. The van der Waals surface area contributed by atoms with Crippen LogP contribution in [0.25, 0.3) is 0 Å². The van der Waals surface area contributed by atoms with Crippen LogP contribution in [-0.2, 0) is 4.79 Å². The van der Waals surface area contributed by atoms with Gasteiger partial charge >= 0.3 is 0 Å². The van der Waals surface area contributed by atoms with Crippen molar-refractivity contribution >= 4 is 23.2 Å². The van der Waals surface area contributed by atoms with Gasteiger partial charge in [-0.3, -0.25) is 4.79 Å². The van der Waals surface area contributed by atoms with Gasteiger partial charge in [0.2, 0.25) is 5.91 Å². The molecule has 0 atom stereocenters. The van der Waals surface area contributed by atoms with Crippen molar-refractivity contribution in [2.24, 2.45) is 5.41 Å². The van der Waals surface area contributed by atoms with Gasteiger partial charge in [0.15, 0.2) is 0 Å². The Morgan fingerprint density at radius 1 is 1.36 bits per heavy atom. The summed E-state index contributed by atoms with van der Waals surface area (Å²) in [5.41, 5.74) is 0.595. The van der Waals surface area contributed by atoms with Crippen molar-refractivity contribution in [1.82, 2.24) is 0 Å². The van der Waals surface area contributed by atoms with Crippen LogP contribution in [0.15, 0.2) is 24.3 Å². The average Bonchev–Trinajstić information content (AvgIpc) is 2.15. The number of nitrogens with zero attached hydrogens (tertiary/aromatic N) is 1. The van der Waals surface area contributed by atoms with Crippen LogP contribution in [0.3, 0.4) is 0 Å². The van der Waals surface area contributed by atoms with Gasteiger partial charge in [0.05, 0.1) is 16.1 Å². The lowest BCUT2D eigenvalue weighted by molar-refractivity contribution is -0.132. The lowest BCUT2D eigenvalue weighted by atomic mass is 9.83. The number of amides is 1. The Labute approximate surface area is 88.5 Å². The number of para-hydroxylation sites is 1. The number of halogens is 1. The summed E-state index contributed by atoms with van der Waals surface area (Å²) < 4.78 is 0. The third-order valence-electron chi connectivity index (χ3n) is 2.52. The van der Waals surface area contributed by atoms with Crippen molar-refractivity contribution in [2.75, 3.05) is 11.4 Å². The standard InChI is InChI=1S/C11H12ClNO/c1-11(2)7-13(10(11)14)9-6-4-3-5-8(9)12/h3-6H,7H2,1-2H3. The monoisotopic (exact) mass is 209 g/mol. The van der Waals surface area contributed by atoms with Gasteiger partial charge in [-0.15, -0.1) is 0 Å². The highest BCUT2D eigenvalue weighted by molar-refractivity contribution is 6.34.